The largest absolute Gasteiger partial charge is 0.446 e. The molecular weight excluding hydrogens is 567 g/mol. The number of anilines is 2. The second-order valence-corrected chi connectivity index (χ2v) is 11.2. The number of aromatic nitrogens is 2. The average molecular weight is 604 g/mol. The van der Waals surface area contributed by atoms with Crippen molar-refractivity contribution in [1.29, 1.82) is 0 Å². The van der Waals surface area contributed by atoms with Gasteiger partial charge in [0.15, 0.2) is 5.89 Å². The standard InChI is InChI=1S/C34H36F3N5O2/c1-23-20-30(14-17-38-23)40-29-11-6-27(7-12-29)21-42(33(43)13-8-26-4-9-28(10-5-26)34(35,36)37)31-15-18-41(19-16-31)22-32-24(2)44-25(3)39-32/h4-14,17,20,31H,15-16,18-19,21-22H2,1-3H3,(H,38,40)/b13-8+. The van der Waals surface area contributed by atoms with Gasteiger partial charge in [-0.15, -0.1) is 0 Å². The zero-order chi connectivity index (χ0) is 31.3. The highest BCUT2D eigenvalue weighted by molar-refractivity contribution is 5.92. The van der Waals surface area contributed by atoms with E-state index in [1.165, 1.54) is 18.2 Å². The smallest absolute Gasteiger partial charge is 0.416 e. The first kappa shape index (κ1) is 31.0. The Labute approximate surface area is 255 Å². The Bertz CT molecular complexity index is 1590. The summed E-state index contributed by atoms with van der Waals surface area (Å²) in [6.07, 6.45) is 1.96. The van der Waals surface area contributed by atoms with Crippen LogP contribution in [-0.2, 0) is 24.1 Å². The number of likely N-dealkylation sites (tertiary alicyclic amines) is 1. The minimum atomic E-state index is -4.41. The first-order valence-electron chi connectivity index (χ1n) is 14.6. The van der Waals surface area contributed by atoms with Gasteiger partial charge in [-0.05, 0) is 80.3 Å². The van der Waals surface area contributed by atoms with Crippen molar-refractivity contribution in [1.82, 2.24) is 19.8 Å². The van der Waals surface area contributed by atoms with Crippen LogP contribution in [0.3, 0.4) is 0 Å². The summed E-state index contributed by atoms with van der Waals surface area (Å²) in [7, 11) is 0. The Morgan fingerprint density at radius 2 is 1.73 bits per heavy atom. The van der Waals surface area contributed by atoms with Crippen LogP contribution in [0.2, 0.25) is 0 Å². The number of aryl methyl sites for hydroxylation is 3. The molecule has 0 saturated carbocycles. The summed E-state index contributed by atoms with van der Waals surface area (Å²) < 4.78 is 44.5. The Balaban J connectivity index is 1.29. The highest BCUT2D eigenvalue weighted by atomic mass is 19.4. The van der Waals surface area contributed by atoms with E-state index in [2.05, 4.69) is 20.2 Å². The summed E-state index contributed by atoms with van der Waals surface area (Å²) in [6.45, 7) is 8.41. The van der Waals surface area contributed by atoms with Crippen LogP contribution in [0.15, 0.2) is 77.4 Å². The van der Waals surface area contributed by atoms with Crippen molar-refractivity contribution >= 4 is 23.4 Å². The Kier molecular flexibility index (Phi) is 9.49. The Morgan fingerprint density at radius 1 is 1.02 bits per heavy atom. The molecule has 2 aromatic carbocycles. The van der Waals surface area contributed by atoms with Gasteiger partial charge in [-0.25, -0.2) is 4.98 Å². The van der Waals surface area contributed by atoms with Crippen molar-refractivity contribution in [2.45, 2.75) is 58.9 Å². The fourth-order valence-electron chi connectivity index (χ4n) is 5.43. The zero-order valence-corrected chi connectivity index (χ0v) is 25.1. The second kappa shape index (κ2) is 13.5. The normalized spacial score (nSPS) is 14.7. The van der Waals surface area contributed by atoms with E-state index in [9.17, 15) is 18.0 Å². The van der Waals surface area contributed by atoms with Crippen molar-refractivity contribution in [2.75, 3.05) is 18.4 Å². The number of nitrogens with one attached hydrogen (secondary N) is 1. The number of halogens is 3. The monoisotopic (exact) mass is 603 g/mol. The summed E-state index contributed by atoms with van der Waals surface area (Å²) in [5.74, 6) is 1.30. The van der Waals surface area contributed by atoms with Crippen molar-refractivity contribution < 1.29 is 22.4 Å². The van der Waals surface area contributed by atoms with Gasteiger partial charge in [0.2, 0.25) is 5.91 Å². The molecule has 4 aromatic rings. The van der Waals surface area contributed by atoms with Crippen LogP contribution < -0.4 is 5.32 Å². The molecule has 10 heteroatoms. The van der Waals surface area contributed by atoms with Crippen LogP contribution in [0.5, 0.6) is 0 Å². The zero-order valence-electron chi connectivity index (χ0n) is 25.1. The lowest BCUT2D eigenvalue weighted by Crippen LogP contribution is -2.46. The maximum absolute atomic E-state index is 13.6. The molecule has 1 N–H and O–H groups in total. The van der Waals surface area contributed by atoms with Crippen LogP contribution in [0.1, 0.15) is 52.6 Å². The van der Waals surface area contributed by atoms with Gasteiger partial charge in [-0.2, -0.15) is 13.2 Å². The van der Waals surface area contributed by atoms with E-state index in [1.54, 1.807) is 12.3 Å². The number of nitrogens with zero attached hydrogens (tertiary/aromatic N) is 4. The predicted molar refractivity (Wildman–Crippen MR) is 164 cm³/mol. The van der Waals surface area contributed by atoms with E-state index in [0.29, 0.717) is 24.5 Å². The molecule has 7 nitrogen and oxygen atoms in total. The van der Waals surface area contributed by atoms with Gasteiger partial charge in [0.1, 0.15) is 5.76 Å². The van der Waals surface area contributed by atoms with Crippen molar-refractivity contribution in [3.63, 3.8) is 0 Å². The van der Waals surface area contributed by atoms with Gasteiger partial charge in [0.25, 0.3) is 0 Å². The molecule has 0 spiro atoms. The number of pyridine rings is 1. The molecule has 5 rings (SSSR count). The third-order valence-corrected chi connectivity index (χ3v) is 7.80. The van der Waals surface area contributed by atoms with E-state index >= 15 is 0 Å². The number of piperidine rings is 1. The van der Waals surface area contributed by atoms with E-state index < -0.39 is 11.7 Å². The highest BCUT2D eigenvalue weighted by Gasteiger charge is 2.30. The molecule has 1 aliphatic heterocycles. The number of amides is 1. The average Bonchev–Trinajstić information content (AvgIpc) is 3.31. The summed E-state index contributed by atoms with van der Waals surface area (Å²) in [4.78, 5) is 26.5. The number of benzene rings is 2. The van der Waals surface area contributed by atoms with Crippen LogP contribution >= 0.6 is 0 Å². The van der Waals surface area contributed by atoms with Gasteiger partial charge >= 0.3 is 6.18 Å². The molecule has 1 fully saturated rings. The minimum Gasteiger partial charge on any atom is -0.446 e. The van der Waals surface area contributed by atoms with E-state index in [-0.39, 0.29) is 11.9 Å². The van der Waals surface area contributed by atoms with Crippen LogP contribution in [0.4, 0.5) is 24.5 Å². The maximum Gasteiger partial charge on any atom is 0.416 e. The van der Waals surface area contributed by atoms with E-state index in [1.807, 2.05) is 62.1 Å². The summed E-state index contributed by atoms with van der Waals surface area (Å²) in [5, 5.41) is 3.37. The van der Waals surface area contributed by atoms with E-state index in [0.717, 1.165) is 72.2 Å². The molecule has 1 aliphatic rings. The number of carbonyl (C=O) groups is 1. The molecule has 0 bridgehead atoms. The molecule has 0 atom stereocenters. The molecule has 0 radical (unpaired) electrons. The lowest BCUT2D eigenvalue weighted by molar-refractivity contribution is -0.137. The summed E-state index contributed by atoms with van der Waals surface area (Å²) in [6, 6.07) is 16.6. The minimum absolute atomic E-state index is 0.00810. The molecule has 3 heterocycles. The van der Waals surface area contributed by atoms with Crippen molar-refractivity contribution in [2.24, 2.45) is 0 Å². The van der Waals surface area contributed by atoms with Gasteiger partial charge in [0.05, 0.1) is 11.3 Å². The number of rotatable bonds is 9. The SMILES string of the molecule is Cc1cc(Nc2ccc(CN(C(=O)/C=C/c3ccc(C(F)(F)F)cc3)C3CCN(Cc4nc(C)oc4C)CC3)cc2)ccn1. The topological polar surface area (TPSA) is 74.5 Å². The first-order valence-corrected chi connectivity index (χ1v) is 14.6. The van der Waals surface area contributed by atoms with Crippen molar-refractivity contribution in [3.05, 3.63) is 113 Å². The molecule has 44 heavy (non-hydrogen) atoms. The lowest BCUT2D eigenvalue weighted by Gasteiger charge is -2.38. The molecule has 1 saturated heterocycles. The molecule has 0 unspecified atom stereocenters. The van der Waals surface area contributed by atoms with Crippen molar-refractivity contribution in [3.8, 4) is 0 Å². The Hall–Kier alpha value is -4.44. The third-order valence-electron chi connectivity index (χ3n) is 7.80. The molecule has 2 aromatic heterocycles. The molecule has 0 aliphatic carbocycles. The van der Waals surface area contributed by atoms with Crippen LogP contribution in [0, 0.1) is 20.8 Å². The van der Waals surface area contributed by atoms with E-state index in [4.69, 9.17) is 4.42 Å². The lowest BCUT2D eigenvalue weighted by atomic mass is 10.0. The van der Waals surface area contributed by atoms with Gasteiger partial charge in [-0.1, -0.05) is 24.3 Å². The predicted octanol–water partition coefficient (Wildman–Crippen LogP) is 7.46. The van der Waals surface area contributed by atoms with Crippen LogP contribution in [0.25, 0.3) is 6.08 Å². The summed E-state index contributed by atoms with van der Waals surface area (Å²) in [5.41, 5.74) is 4.51. The number of hydrogen-bond donors (Lipinski definition) is 1. The number of oxazole rings is 1. The summed E-state index contributed by atoms with van der Waals surface area (Å²) >= 11 is 0. The Morgan fingerprint density at radius 3 is 2.34 bits per heavy atom. The van der Waals surface area contributed by atoms with Gasteiger partial charge in [-0.3, -0.25) is 14.7 Å². The third kappa shape index (κ3) is 8.13. The number of hydrogen-bond acceptors (Lipinski definition) is 6. The van der Waals surface area contributed by atoms with Gasteiger partial charge in [0, 0.05) is 68.5 Å². The number of carbonyl (C=O) groups excluding carboxylic acids is 1. The molecular formula is C34H36F3N5O2. The van der Waals surface area contributed by atoms with Gasteiger partial charge < -0.3 is 14.6 Å². The fourth-order valence-corrected chi connectivity index (χ4v) is 5.43. The first-order chi connectivity index (χ1) is 21.0. The number of alkyl halides is 3. The maximum atomic E-state index is 13.6. The quantitative estimate of drug-likeness (QED) is 0.200. The van der Waals surface area contributed by atoms with Crippen LogP contribution in [-0.4, -0.2) is 44.8 Å². The molecule has 1 amide bonds. The highest BCUT2D eigenvalue weighted by Crippen LogP contribution is 2.29. The molecule has 230 valence electrons. The fraction of sp³-hybridized carbons (Fsp3) is 0.324. The second-order valence-electron chi connectivity index (χ2n) is 11.2.